The third-order valence-electron chi connectivity index (χ3n) is 2.88. The molecule has 0 heterocycles. The molecule has 0 spiro atoms. The molecule has 0 bridgehead atoms. The zero-order valence-electron chi connectivity index (χ0n) is 14.6. The molecule has 0 fully saturated rings. The summed E-state index contributed by atoms with van der Waals surface area (Å²) in [6.45, 7) is 1.86. The van der Waals surface area contributed by atoms with Gasteiger partial charge in [0, 0.05) is 6.61 Å². The summed E-state index contributed by atoms with van der Waals surface area (Å²) in [5.74, 6) is 0. The van der Waals surface area contributed by atoms with Crippen molar-refractivity contribution in [3.63, 3.8) is 0 Å². The fourth-order valence-electron chi connectivity index (χ4n) is 1.74. The van der Waals surface area contributed by atoms with E-state index < -0.39 is 20.8 Å². The molecule has 0 aromatic heterocycles. The Balaban J connectivity index is -0.000000364. The molecule has 0 amide bonds. The Bertz CT molecular complexity index is 341. The summed E-state index contributed by atoms with van der Waals surface area (Å²) in [6.07, 6.45) is 13.3. The average Bonchev–Trinajstić information content (AvgIpc) is 2.43. The van der Waals surface area contributed by atoms with Crippen LogP contribution in [0.25, 0.3) is 0 Å². The van der Waals surface area contributed by atoms with Gasteiger partial charge in [0.2, 0.25) is 14.2 Å². The largest absolute Gasteiger partial charge is 1.00 e. The van der Waals surface area contributed by atoms with Crippen molar-refractivity contribution in [2.45, 2.75) is 74.9 Å². The molecule has 0 aliphatic carbocycles. The maximum absolute atomic E-state index is 9.72. The number of aliphatic hydroxyl groups is 1. The van der Waals surface area contributed by atoms with Crippen molar-refractivity contribution in [2.24, 2.45) is 0 Å². The molecule has 0 aromatic rings. The van der Waals surface area contributed by atoms with Gasteiger partial charge in [-0.05, 0) is 6.42 Å². The van der Waals surface area contributed by atoms with Gasteiger partial charge in [0.25, 0.3) is 0 Å². The SMILES string of the molecule is CCCCCCCCCCCCO.O=S(=O)([O-])OCC(Cl)(Cl)Cl.[Na+]. The van der Waals surface area contributed by atoms with E-state index in [0.29, 0.717) is 6.61 Å². The molecule has 10 heteroatoms. The van der Waals surface area contributed by atoms with Gasteiger partial charge in [-0.25, -0.2) is 8.42 Å². The second kappa shape index (κ2) is 19.5. The zero-order valence-corrected chi connectivity index (χ0v) is 19.7. The van der Waals surface area contributed by atoms with E-state index in [9.17, 15) is 13.0 Å². The first-order valence-corrected chi connectivity index (χ1v) is 10.4. The smallest absolute Gasteiger partial charge is 0.726 e. The average molecular weight is 438 g/mol. The molecule has 24 heavy (non-hydrogen) atoms. The summed E-state index contributed by atoms with van der Waals surface area (Å²) >= 11 is 15.1. The standard InChI is InChI=1S/C12H26O.C2H3Cl3O4S.Na/c1-2-3-4-5-6-7-8-9-10-11-12-13;3-2(4,5)1-9-10(6,7)8;/h13H,2-12H2,1H3;1H2,(H,6,7,8);/q;;+1/p-1. The van der Waals surface area contributed by atoms with Crippen molar-refractivity contribution in [1.29, 1.82) is 0 Å². The molecular formula is C14H28Cl3NaO5S. The molecule has 0 saturated heterocycles. The van der Waals surface area contributed by atoms with Crippen LogP contribution in [0.4, 0.5) is 0 Å². The Morgan fingerprint density at radius 2 is 1.29 bits per heavy atom. The second-order valence-electron chi connectivity index (χ2n) is 5.19. The van der Waals surface area contributed by atoms with E-state index in [0.717, 1.165) is 6.42 Å². The second-order valence-corrected chi connectivity index (χ2v) is 8.76. The molecule has 0 saturated carbocycles. The van der Waals surface area contributed by atoms with E-state index in [1.54, 1.807) is 0 Å². The molecule has 0 unspecified atom stereocenters. The van der Waals surface area contributed by atoms with Gasteiger partial charge in [-0.15, -0.1) is 0 Å². The predicted molar refractivity (Wildman–Crippen MR) is 94.9 cm³/mol. The van der Waals surface area contributed by atoms with Crippen molar-refractivity contribution in [3.05, 3.63) is 0 Å². The van der Waals surface area contributed by atoms with Gasteiger partial charge < -0.3 is 9.66 Å². The van der Waals surface area contributed by atoms with Gasteiger partial charge in [-0.3, -0.25) is 4.18 Å². The van der Waals surface area contributed by atoms with Gasteiger partial charge in [-0.2, -0.15) is 0 Å². The molecular weight excluding hydrogens is 410 g/mol. The number of hydrogen-bond acceptors (Lipinski definition) is 5. The van der Waals surface area contributed by atoms with Crippen LogP contribution in [0.15, 0.2) is 0 Å². The number of unbranched alkanes of at least 4 members (excludes halogenated alkanes) is 9. The minimum atomic E-state index is -4.76. The quantitative estimate of drug-likeness (QED) is 0.165. The Kier molecular flexibility index (Phi) is 24.7. The summed E-state index contributed by atoms with van der Waals surface area (Å²) in [4.78, 5) is 0. The van der Waals surface area contributed by atoms with E-state index in [2.05, 4.69) is 11.1 Å². The molecule has 0 radical (unpaired) electrons. The van der Waals surface area contributed by atoms with Crippen LogP contribution in [0.5, 0.6) is 0 Å². The minimum Gasteiger partial charge on any atom is -0.726 e. The molecule has 0 aromatic carbocycles. The van der Waals surface area contributed by atoms with Crippen LogP contribution in [0.1, 0.15) is 71.1 Å². The van der Waals surface area contributed by atoms with Crippen LogP contribution in [0, 0.1) is 0 Å². The number of aliphatic hydroxyl groups excluding tert-OH is 1. The maximum atomic E-state index is 9.72. The van der Waals surface area contributed by atoms with E-state index in [-0.39, 0.29) is 29.6 Å². The summed E-state index contributed by atoms with van der Waals surface area (Å²) < 4.78 is 30.9. The van der Waals surface area contributed by atoms with Crippen LogP contribution in [-0.4, -0.2) is 35.1 Å². The van der Waals surface area contributed by atoms with E-state index in [4.69, 9.17) is 39.9 Å². The molecule has 0 atom stereocenters. The molecule has 5 nitrogen and oxygen atoms in total. The normalized spacial score (nSPS) is 11.4. The van der Waals surface area contributed by atoms with Crippen LogP contribution in [-0.2, 0) is 14.6 Å². The first-order chi connectivity index (χ1) is 10.6. The molecule has 0 rings (SSSR count). The fraction of sp³-hybridized carbons (Fsp3) is 1.00. The van der Waals surface area contributed by atoms with Crippen molar-refractivity contribution in [2.75, 3.05) is 13.2 Å². The van der Waals surface area contributed by atoms with Crippen molar-refractivity contribution in [3.8, 4) is 0 Å². The third-order valence-corrected chi connectivity index (χ3v) is 3.61. The summed E-state index contributed by atoms with van der Waals surface area (Å²) in [5, 5.41) is 8.57. The fourth-order valence-corrected chi connectivity index (χ4v) is 2.42. The van der Waals surface area contributed by atoms with Crippen molar-refractivity contribution < 1.29 is 51.8 Å². The number of hydrogen-bond donors (Lipinski definition) is 1. The summed E-state index contributed by atoms with van der Waals surface area (Å²) in [6, 6.07) is 0. The van der Waals surface area contributed by atoms with Crippen LogP contribution in [0.3, 0.4) is 0 Å². The van der Waals surface area contributed by atoms with Gasteiger partial charge in [0.05, 0.1) is 0 Å². The summed E-state index contributed by atoms with van der Waals surface area (Å²) in [7, 11) is -4.76. The number of alkyl halides is 3. The van der Waals surface area contributed by atoms with E-state index in [1.165, 1.54) is 57.8 Å². The predicted octanol–water partition coefficient (Wildman–Crippen LogP) is 1.74. The molecule has 0 aliphatic rings. The van der Waals surface area contributed by atoms with Crippen molar-refractivity contribution in [1.82, 2.24) is 0 Å². The van der Waals surface area contributed by atoms with Crippen LogP contribution < -0.4 is 29.6 Å². The van der Waals surface area contributed by atoms with Gasteiger partial charge in [0.1, 0.15) is 6.61 Å². The molecule has 1 N–H and O–H groups in total. The Hall–Kier alpha value is 1.70. The summed E-state index contributed by atoms with van der Waals surface area (Å²) in [5.41, 5.74) is 0. The third kappa shape index (κ3) is 34.9. The van der Waals surface area contributed by atoms with Gasteiger partial charge >= 0.3 is 29.6 Å². The number of halogens is 3. The topological polar surface area (TPSA) is 86.7 Å². The maximum Gasteiger partial charge on any atom is 1.00 e. The zero-order chi connectivity index (χ0) is 18.2. The van der Waals surface area contributed by atoms with Crippen LogP contribution in [0.2, 0.25) is 0 Å². The van der Waals surface area contributed by atoms with Crippen LogP contribution >= 0.6 is 34.8 Å². The van der Waals surface area contributed by atoms with Gasteiger partial charge in [-0.1, -0.05) is 99.5 Å². The van der Waals surface area contributed by atoms with E-state index >= 15 is 0 Å². The minimum absolute atomic E-state index is 0. The monoisotopic (exact) mass is 436 g/mol. The Morgan fingerprint density at radius 3 is 1.54 bits per heavy atom. The Morgan fingerprint density at radius 1 is 0.917 bits per heavy atom. The first kappa shape index (κ1) is 30.4. The van der Waals surface area contributed by atoms with E-state index in [1.807, 2.05) is 0 Å². The molecule has 142 valence electrons. The Labute approximate surface area is 184 Å². The van der Waals surface area contributed by atoms with Crippen molar-refractivity contribution >= 4 is 45.2 Å². The van der Waals surface area contributed by atoms with Gasteiger partial charge in [0.15, 0.2) is 0 Å². The number of rotatable bonds is 12. The first-order valence-electron chi connectivity index (χ1n) is 7.90. The molecule has 0 aliphatic heterocycles.